The number of rotatable bonds is 5. The van der Waals surface area contributed by atoms with Crippen LogP contribution in [0.5, 0.6) is 0 Å². The van der Waals surface area contributed by atoms with Gasteiger partial charge in [0.2, 0.25) is 10.0 Å². The fourth-order valence-corrected chi connectivity index (χ4v) is 4.49. The van der Waals surface area contributed by atoms with Gasteiger partial charge in [0.25, 0.3) is 5.91 Å². The third-order valence-corrected chi connectivity index (χ3v) is 6.09. The number of anilines is 1. The van der Waals surface area contributed by atoms with Gasteiger partial charge < -0.3 is 4.74 Å². The average molecular weight is 503 g/mol. The highest BCUT2D eigenvalue weighted by molar-refractivity contribution is 7.92. The van der Waals surface area contributed by atoms with Crippen molar-refractivity contribution in [2.75, 3.05) is 17.6 Å². The van der Waals surface area contributed by atoms with Crippen LogP contribution >= 0.6 is 0 Å². The van der Waals surface area contributed by atoms with E-state index >= 15 is 0 Å². The van der Waals surface area contributed by atoms with Crippen molar-refractivity contribution >= 4 is 21.6 Å². The summed E-state index contributed by atoms with van der Waals surface area (Å²) in [5.74, 6) is -0.996. The summed E-state index contributed by atoms with van der Waals surface area (Å²) in [6.45, 7) is 7.02. The SMILES string of the molecule is Cn1c(C(C)(C)C)cc(=NC(=O)c2cc(C(F)(F)F)ccc2NS(C)(=O)=O)n1C[C@H]1CCCO1. The summed E-state index contributed by atoms with van der Waals surface area (Å²) < 4.78 is 74.8. The number of sulfonamides is 1. The van der Waals surface area contributed by atoms with E-state index in [4.69, 9.17) is 4.74 Å². The van der Waals surface area contributed by atoms with E-state index < -0.39 is 33.2 Å². The Morgan fingerprint density at radius 1 is 1.24 bits per heavy atom. The molecule has 3 rings (SSSR count). The molecule has 0 saturated carbocycles. The van der Waals surface area contributed by atoms with Gasteiger partial charge in [0.15, 0.2) is 5.49 Å². The quantitative estimate of drug-likeness (QED) is 0.678. The molecule has 0 spiro atoms. The largest absolute Gasteiger partial charge is 0.416 e. The second kappa shape index (κ2) is 9.21. The molecular weight excluding hydrogens is 473 g/mol. The fraction of sp³-hybridized carbons (Fsp3) is 0.545. The van der Waals surface area contributed by atoms with Crippen LogP contribution in [0.3, 0.4) is 0 Å². The van der Waals surface area contributed by atoms with E-state index in [2.05, 4.69) is 9.71 Å². The van der Waals surface area contributed by atoms with E-state index in [1.165, 1.54) is 0 Å². The van der Waals surface area contributed by atoms with E-state index in [1.807, 2.05) is 32.5 Å². The van der Waals surface area contributed by atoms with Crippen LogP contribution in [-0.4, -0.2) is 42.7 Å². The Bertz CT molecular complexity index is 1250. The number of ether oxygens (including phenoxy) is 1. The number of carbonyl (C=O) groups is 1. The summed E-state index contributed by atoms with van der Waals surface area (Å²) in [4.78, 5) is 17.3. The van der Waals surface area contributed by atoms with E-state index in [-0.39, 0.29) is 22.7 Å². The van der Waals surface area contributed by atoms with Gasteiger partial charge in [-0.05, 0) is 31.0 Å². The lowest BCUT2D eigenvalue weighted by molar-refractivity contribution is -0.137. The summed E-state index contributed by atoms with van der Waals surface area (Å²) in [5, 5.41) is 0. The molecule has 1 aromatic heterocycles. The van der Waals surface area contributed by atoms with Crippen LogP contribution in [0, 0.1) is 0 Å². The van der Waals surface area contributed by atoms with E-state index in [0.29, 0.717) is 25.3 Å². The van der Waals surface area contributed by atoms with Crippen molar-refractivity contribution in [1.29, 1.82) is 0 Å². The van der Waals surface area contributed by atoms with Crippen LogP contribution in [0.4, 0.5) is 18.9 Å². The van der Waals surface area contributed by atoms with Crippen molar-refractivity contribution in [2.45, 2.75) is 57.9 Å². The Morgan fingerprint density at radius 2 is 1.91 bits per heavy atom. The fourth-order valence-electron chi connectivity index (χ4n) is 3.91. The first-order valence-electron chi connectivity index (χ1n) is 10.7. The lowest BCUT2D eigenvalue weighted by atomic mass is 9.92. The van der Waals surface area contributed by atoms with Crippen molar-refractivity contribution in [1.82, 2.24) is 9.36 Å². The number of nitrogens with one attached hydrogen (secondary N) is 1. The van der Waals surface area contributed by atoms with Crippen LogP contribution in [0.15, 0.2) is 29.3 Å². The maximum Gasteiger partial charge on any atom is 0.416 e. The molecule has 12 heteroatoms. The minimum atomic E-state index is -4.72. The lowest BCUT2D eigenvalue weighted by Gasteiger charge is -2.21. The Labute approximate surface area is 196 Å². The standard InChI is InChI=1S/C22H29F3N4O4S/c1-21(2,3)18-12-19(29(28(18)4)13-15-7-6-10-33-15)26-20(30)16-11-14(22(23,24)25)8-9-17(16)27-34(5,31)32/h8-9,11-12,15,27H,6-7,10,13H2,1-5H3/t15-/m1/s1. The summed E-state index contributed by atoms with van der Waals surface area (Å²) in [5.41, 5.74) is -1.05. The second-order valence-electron chi connectivity index (χ2n) is 9.43. The number of aromatic nitrogens is 2. The zero-order valence-electron chi connectivity index (χ0n) is 19.7. The van der Waals surface area contributed by atoms with Gasteiger partial charge in [-0.3, -0.25) is 18.9 Å². The zero-order chi connectivity index (χ0) is 25.5. The van der Waals surface area contributed by atoms with E-state index in [0.717, 1.165) is 30.9 Å². The van der Waals surface area contributed by atoms with Crippen molar-refractivity contribution in [3.05, 3.63) is 46.6 Å². The van der Waals surface area contributed by atoms with Gasteiger partial charge in [-0.2, -0.15) is 18.2 Å². The Morgan fingerprint density at radius 3 is 2.44 bits per heavy atom. The Kier molecular flexibility index (Phi) is 7.05. The molecule has 8 nitrogen and oxygen atoms in total. The first-order chi connectivity index (χ1) is 15.6. The number of halogens is 3. The molecule has 1 saturated heterocycles. The molecular formula is C22H29F3N4O4S. The third kappa shape index (κ3) is 6.09. The third-order valence-electron chi connectivity index (χ3n) is 5.50. The minimum absolute atomic E-state index is 0.0773. The predicted molar refractivity (Wildman–Crippen MR) is 121 cm³/mol. The highest BCUT2D eigenvalue weighted by Crippen LogP contribution is 2.32. The van der Waals surface area contributed by atoms with Crippen LogP contribution in [0.25, 0.3) is 0 Å². The van der Waals surface area contributed by atoms with Gasteiger partial charge in [-0.15, -0.1) is 0 Å². The zero-order valence-corrected chi connectivity index (χ0v) is 20.5. The smallest absolute Gasteiger partial charge is 0.376 e. The number of carbonyl (C=O) groups excluding carboxylic acids is 1. The van der Waals surface area contributed by atoms with Crippen LogP contribution in [-0.2, 0) is 39.9 Å². The molecule has 1 aromatic carbocycles. The first-order valence-corrected chi connectivity index (χ1v) is 12.6. The van der Waals surface area contributed by atoms with Crippen molar-refractivity contribution in [3.63, 3.8) is 0 Å². The number of nitrogens with zero attached hydrogens (tertiary/aromatic N) is 3. The van der Waals surface area contributed by atoms with E-state index in [9.17, 15) is 26.4 Å². The number of amides is 1. The molecule has 1 aliphatic rings. The summed E-state index contributed by atoms with van der Waals surface area (Å²) in [6, 6.07) is 3.95. The molecule has 34 heavy (non-hydrogen) atoms. The summed E-state index contributed by atoms with van der Waals surface area (Å²) in [7, 11) is -2.03. The van der Waals surface area contributed by atoms with Crippen LogP contribution < -0.4 is 10.2 Å². The number of hydrogen-bond donors (Lipinski definition) is 1. The Hall–Kier alpha value is -2.60. The monoisotopic (exact) mass is 502 g/mol. The molecule has 2 aromatic rings. The van der Waals surface area contributed by atoms with Crippen LogP contribution in [0.1, 0.15) is 55.2 Å². The highest BCUT2D eigenvalue weighted by atomic mass is 32.2. The summed E-state index contributed by atoms with van der Waals surface area (Å²) >= 11 is 0. The normalized spacial score (nSPS) is 17.9. The van der Waals surface area contributed by atoms with Crippen molar-refractivity contribution < 1.29 is 31.1 Å². The number of benzene rings is 1. The van der Waals surface area contributed by atoms with Crippen molar-refractivity contribution in [3.8, 4) is 0 Å². The number of alkyl halides is 3. The molecule has 0 aliphatic carbocycles. The first kappa shape index (κ1) is 26.0. The molecule has 0 bridgehead atoms. The van der Waals surface area contributed by atoms with E-state index in [1.54, 1.807) is 10.7 Å². The molecule has 1 aliphatic heterocycles. The molecule has 1 amide bonds. The predicted octanol–water partition coefficient (Wildman–Crippen LogP) is 3.43. The molecule has 1 N–H and O–H groups in total. The van der Waals surface area contributed by atoms with Gasteiger partial charge in [-0.25, -0.2) is 8.42 Å². The second-order valence-corrected chi connectivity index (χ2v) is 11.2. The molecule has 1 atom stereocenters. The molecule has 188 valence electrons. The molecule has 0 radical (unpaired) electrons. The van der Waals surface area contributed by atoms with Gasteiger partial charge >= 0.3 is 6.18 Å². The molecule has 2 heterocycles. The molecule has 0 unspecified atom stereocenters. The molecule has 1 fully saturated rings. The van der Waals surface area contributed by atoms with Crippen molar-refractivity contribution in [2.24, 2.45) is 12.0 Å². The van der Waals surface area contributed by atoms with Gasteiger partial charge in [0, 0.05) is 30.8 Å². The maximum absolute atomic E-state index is 13.3. The maximum atomic E-state index is 13.3. The van der Waals surface area contributed by atoms with Gasteiger partial charge in [0.05, 0.1) is 35.7 Å². The minimum Gasteiger partial charge on any atom is -0.376 e. The lowest BCUT2D eigenvalue weighted by Crippen LogP contribution is -2.30. The van der Waals surface area contributed by atoms with Gasteiger partial charge in [0.1, 0.15) is 0 Å². The highest BCUT2D eigenvalue weighted by Gasteiger charge is 2.32. The van der Waals surface area contributed by atoms with Gasteiger partial charge in [-0.1, -0.05) is 20.8 Å². The topological polar surface area (TPSA) is 94.7 Å². The average Bonchev–Trinajstić information content (AvgIpc) is 3.29. The summed E-state index contributed by atoms with van der Waals surface area (Å²) in [6.07, 6.45) is -2.20. The number of hydrogen-bond acceptors (Lipinski definition) is 4. The Balaban J connectivity index is 2.16. The van der Waals surface area contributed by atoms with Crippen LogP contribution in [0.2, 0.25) is 0 Å².